The molecule has 12 heteroatoms. The lowest BCUT2D eigenvalue weighted by atomic mass is 10.1. The van der Waals surface area contributed by atoms with Gasteiger partial charge in [0.25, 0.3) is 5.91 Å². The van der Waals surface area contributed by atoms with Crippen molar-refractivity contribution >= 4 is 29.5 Å². The van der Waals surface area contributed by atoms with Gasteiger partial charge < -0.3 is 25.0 Å². The maximum absolute atomic E-state index is 12.9. The van der Waals surface area contributed by atoms with Gasteiger partial charge in [-0.25, -0.2) is 9.97 Å². The van der Waals surface area contributed by atoms with Crippen LogP contribution in [-0.2, 0) is 27.3 Å². The van der Waals surface area contributed by atoms with E-state index in [9.17, 15) is 14.4 Å². The number of ether oxygens (including phenoxy) is 2. The topological polar surface area (TPSA) is 126 Å². The molecule has 42 heavy (non-hydrogen) atoms. The van der Waals surface area contributed by atoms with Gasteiger partial charge in [0.05, 0.1) is 7.11 Å². The summed E-state index contributed by atoms with van der Waals surface area (Å²) in [6.45, 7) is 7.01. The van der Waals surface area contributed by atoms with Gasteiger partial charge in [0.1, 0.15) is 6.04 Å². The summed E-state index contributed by atoms with van der Waals surface area (Å²) in [6.07, 6.45) is 7.14. The fraction of sp³-hybridized carbons (Fsp3) is 0.567. The highest BCUT2D eigenvalue weighted by Crippen LogP contribution is 2.28. The molecular formula is C30H44N6O5S. The largest absolute Gasteiger partial charge is 0.493 e. The molecule has 0 saturated carbocycles. The second kappa shape index (κ2) is 17.5. The number of nitrogens with one attached hydrogen (secondary N) is 2. The first-order chi connectivity index (χ1) is 20.3. The van der Waals surface area contributed by atoms with Gasteiger partial charge in [-0.3, -0.25) is 19.3 Å². The molecular weight excluding hydrogens is 556 g/mol. The summed E-state index contributed by atoms with van der Waals surface area (Å²) in [5, 5.41) is 6.53. The number of benzene rings is 1. The van der Waals surface area contributed by atoms with Crippen molar-refractivity contribution in [2.24, 2.45) is 0 Å². The van der Waals surface area contributed by atoms with E-state index in [0.29, 0.717) is 44.0 Å². The lowest BCUT2D eigenvalue weighted by Gasteiger charge is -2.24. The van der Waals surface area contributed by atoms with Gasteiger partial charge in [0.2, 0.25) is 11.8 Å². The predicted octanol–water partition coefficient (Wildman–Crippen LogP) is 2.67. The number of amides is 3. The van der Waals surface area contributed by atoms with Gasteiger partial charge in [-0.15, -0.1) is 0 Å². The number of hydrogen-bond donors (Lipinski definition) is 2. The molecule has 2 bridgehead atoms. The minimum absolute atomic E-state index is 0.0135. The third kappa shape index (κ3) is 11.1. The van der Waals surface area contributed by atoms with Crippen LogP contribution in [0.25, 0.3) is 0 Å². The van der Waals surface area contributed by atoms with Crippen molar-refractivity contribution in [2.45, 2.75) is 63.7 Å². The van der Waals surface area contributed by atoms with Crippen LogP contribution >= 0.6 is 11.8 Å². The molecule has 3 amide bonds. The molecule has 1 aliphatic rings. The number of rotatable bonds is 5. The third-order valence-corrected chi connectivity index (χ3v) is 7.66. The van der Waals surface area contributed by atoms with E-state index in [2.05, 4.69) is 32.4 Å². The Hall–Kier alpha value is -3.38. The average molecular weight is 601 g/mol. The van der Waals surface area contributed by atoms with E-state index in [-0.39, 0.29) is 18.4 Å². The maximum atomic E-state index is 12.9. The smallest absolute Gasteiger partial charge is 0.258 e. The molecule has 3 rings (SSSR count). The van der Waals surface area contributed by atoms with Crippen molar-refractivity contribution in [1.29, 1.82) is 0 Å². The van der Waals surface area contributed by atoms with Gasteiger partial charge in [-0.1, -0.05) is 24.8 Å². The molecule has 0 unspecified atom stereocenters. The lowest BCUT2D eigenvalue weighted by molar-refractivity contribution is -0.135. The van der Waals surface area contributed by atoms with E-state index in [1.165, 1.54) is 7.11 Å². The Labute approximate surface area is 253 Å². The zero-order valence-electron chi connectivity index (χ0n) is 25.2. The number of likely N-dealkylation sites (N-methyl/N-ethyl adjacent to an activating group) is 1. The van der Waals surface area contributed by atoms with Crippen molar-refractivity contribution < 1.29 is 23.9 Å². The summed E-state index contributed by atoms with van der Waals surface area (Å²) in [5.41, 5.74) is 1.94. The summed E-state index contributed by atoms with van der Waals surface area (Å²) < 4.78 is 11.1. The van der Waals surface area contributed by atoms with Crippen LogP contribution < -0.4 is 20.1 Å². The highest BCUT2D eigenvalue weighted by molar-refractivity contribution is 7.99. The number of nitrogens with zero attached hydrogens (tertiary/aromatic N) is 4. The molecule has 1 aliphatic heterocycles. The molecule has 1 aromatic carbocycles. The Bertz CT molecular complexity index is 1170. The fourth-order valence-electron chi connectivity index (χ4n) is 4.64. The Morgan fingerprint density at radius 2 is 1.79 bits per heavy atom. The first-order valence-corrected chi connectivity index (χ1v) is 15.5. The van der Waals surface area contributed by atoms with Crippen molar-refractivity contribution in [3.8, 4) is 11.5 Å². The van der Waals surface area contributed by atoms with E-state index in [4.69, 9.17) is 9.47 Å². The second-order valence-electron chi connectivity index (χ2n) is 10.3. The fourth-order valence-corrected chi connectivity index (χ4v) is 5.15. The number of thioether (sulfide) groups is 1. The number of aromatic nitrogens is 2. The monoisotopic (exact) mass is 600 g/mol. The van der Waals surface area contributed by atoms with Gasteiger partial charge in [0.15, 0.2) is 23.3 Å². The van der Waals surface area contributed by atoms with Crippen LogP contribution in [0.2, 0.25) is 0 Å². The molecule has 0 saturated heterocycles. The minimum Gasteiger partial charge on any atom is -0.493 e. The molecule has 1 atom stereocenters. The van der Waals surface area contributed by atoms with Crippen molar-refractivity contribution in [3.63, 3.8) is 0 Å². The van der Waals surface area contributed by atoms with E-state index >= 15 is 0 Å². The van der Waals surface area contributed by atoms with E-state index < -0.39 is 11.9 Å². The van der Waals surface area contributed by atoms with Crippen LogP contribution in [0.15, 0.2) is 35.7 Å². The van der Waals surface area contributed by atoms with Crippen LogP contribution in [0, 0.1) is 0 Å². The maximum Gasteiger partial charge on any atom is 0.258 e. The third-order valence-electron chi connectivity index (χ3n) is 6.90. The van der Waals surface area contributed by atoms with E-state index in [0.717, 1.165) is 54.4 Å². The van der Waals surface area contributed by atoms with Crippen LogP contribution in [0.5, 0.6) is 11.5 Å². The molecule has 0 radical (unpaired) electrons. The number of carbonyl (C=O) groups is 3. The number of methoxy groups -OCH3 is 1. The first-order valence-electron chi connectivity index (χ1n) is 14.6. The Morgan fingerprint density at radius 1 is 1.05 bits per heavy atom. The average Bonchev–Trinajstić information content (AvgIpc) is 2.99. The molecule has 2 heterocycles. The number of fused-ring (bicyclic) bond motifs is 2. The van der Waals surface area contributed by atoms with Crippen LogP contribution in [0.1, 0.15) is 50.7 Å². The highest BCUT2D eigenvalue weighted by atomic mass is 32.2. The van der Waals surface area contributed by atoms with Crippen LogP contribution in [-0.4, -0.2) is 96.2 Å². The number of aryl methyl sites for hydroxylation is 1. The van der Waals surface area contributed by atoms with E-state index in [1.807, 2.05) is 18.5 Å². The molecule has 0 spiro atoms. The molecule has 2 aromatic rings. The Balaban J connectivity index is 1.67. The van der Waals surface area contributed by atoms with Crippen molar-refractivity contribution in [2.75, 3.05) is 52.7 Å². The Kier molecular flexibility index (Phi) is 13.8. The highest BCUT2D eigenvalue weighted by Gasteiger charge is 2.20. The SMILES string of the molecule is CCSc1ncc(CN2CCCCN(C)C(=O)[C@H](C)NC(=O)COc3cc(ccc3OC)CCC(=O)NCCC2)cn1. The zero-order valence-corrected chi connectivity index (χ0v) is 26.0. The summed E-state index contributed by atoms with van der Waals surface area (Å²) in [7, 11) is 3.28. The molecule has 230 valence electrons. The second-order valence-corrected chi connectivity index (χ2v) is 11.5. The first kappa shape index (κ1) is 33.1. The number of hydrogen-bond acceptors (Lipinski definition) is 9. The van der Waals surface area contributed by atoms with Crippen molar-refractivity contribution in [3.05, 3.63) is 41.7 Å². The lowest BCUT2D eigenvalue weighted by Crippen LogP contribution is -2.47. The quantitative estimate of drug-likeness (QED) is 0.394. The zero-order chi connectivity index (χ0) is 30.3. The molecule has 1 aromatic heterocycles. The van der Waals surface area contributed by atoms with Gasteiger partial charge >= 0.3 is 0 Å². The van der Waals surface area contributed by atoms with Gasteiger partial charge in [0, 0.05) is 57.6 Å². The van der Waals surface area contributed by atoms with E-state index in [1.54, 1.807) is 42.8 Å². The summed E-state index contributed by atoms with van der Waals surface area (Å²) in [4.78, 5) is 50.9. The minimum atomic E-state index is -0.680. The predicted molar refractivity (Wildman–Crippen MR) is 163 cm³/mol. The molecule has 2 N–H and O–H groups in total. The van der Waals surface area contributed by atoms with Crippen LogP contribution in [0.3, 0.4) is 0 Å². The van der Waals surface area contributed by atoms with Gasteiger partial charge in [-0.2, -0.15) is 0 Å². The summed E-state index contributed by atoms with van der Waals surface area (Å²) in [5.74, 6) is 1.25. The normalized spacial score (nSPS) is 19.1. The van der Waals surface area contributed by atoms with Crippen molar-refractivity contribution in [1.82, 2.24) is 30.4 Å². The Morgan fingerprint density at radius 3 is 2.52 bits per heavy atom. The molecule has 0 aliphatic carbocycles. The molecule has 11 nitrogen and oxygen atoms in total. The number of carbonyl (C=O) groups excluding carboxylic acids is 3. The standard InChI is InChI=1S/C30H44N6O5S/c1-5-42-30-32-18-24(19-33-30)20-36-15-7-6-14-35(3)29(39)22(2)34-28(38)21-41-26-17-23(9-11-25(26)40-4)10-12-27(37)31-13-8-16-36/h9,11,17-19,22H,5-8,10,12-16,20-21H2,1-4H3,(H,31,37)(H,34,38)/t22-/m0/s1. The van der Waals surface area contributed by atoms with Crippen LogP contribution in [0.4, 0.5) is 0 Å². The van der Waals surface area contributed by atoms with Gasteiger partial charge in [-0.05, 0) is 62.6 Å². The summed E-state index contributed by atoms with van der Waals surface area (Å²) in [6, 6.07) is 4.74. The molecule has 0 fully saturated rings. The summed E-state index contributed by atoms with van der Waals surface area (Å²) >= 11 is 1.61.